The summed E-state index contributed by atoms with van der Waals surface area (Å²) in [6.07, 6.45) is 0. The Bertz CT molecular complexity index is 1210. The number of fused-ring (bicyclic) bond motifs is 3. The van der Waals surface area contributed by atoms with Gasteiger partial charge in [-0.05, 0) is 43.3 Å². The van der Waals surface area contributed by atoms with Gasteiger partial charge in [0, 0.05) is 39.8 Å². The van der Waals surface area contributed by atoms with E-state index in [1.54, 1.807) is 18.2 Å². The lowest BCUT2D eigenvalue weighted by atomic mass is 10.1. The lowest BCUT2D eigenvalue weighted by Crippen LogP contribution is -2.15. The lowest BCUT2D eigenvalue weighted by Gasteiger charge is -2.10. The van der Waals surface area contributed by atoms with Crippen LogP contribution in [0.5, 0.6) is 0 Å². The molecular weight excluding hydrogens is 368 g/mol. The van der Waals surface area contributed by atoms with Crippen molar-refractivity contribution in [2.24, 2.45) is 0 Å². The molecule has 0 unspecified atom stereocenters. The van der Waals surface area contributed by atoms with Crippen LogP contribution in [0.1, 0.15) is 24.2 Å². The SMILES string of the molecule is CCn1c2ccccc2c2cc(NC(=O)c3ccccc3[S@](=O)CC)ccc21. The highest BCUT2D eigenvalue weighted by molar-refractivity contribution is 7.85. The Morgan fingerprint density at radius 3 is 2.43 bits per heavy atom. The van der Waals surface area contributed by atoms with Crippen molar-refractivity contribution in [1.29, 1.82) is 0 Å². The summed E-state index contributed by atoms with van der Waals surface area (Å²) in [6, 6.07) is 21.4. The number of carbonyl (C=O) groups excluding carboxylic acids is 1. The number of nitrogens with one attached hydrogen (secondary N) is 1. The molecule has 1 amide bonds. The molecule has 3 aromatic carbocycles. The van der Waals surface area contributed by atoms with Gasteiger partial charge in [-0.3, -0.25) is 9.00 Å². The standard InChI is InChI=1S/C23H22N2O2S/c1-3-25-20-11-7-5-9-17(20)19-15-16(13-14-21(19)25)24-23(26)18-10-6-8-12-22(18)28(27)4-2/h5-15H,3-4H2,1-2H3,(H,24,26)/t28-/m1/s1. The van der Waals surface area contributed by atoms with E-state index < -0.39 is 10.8 Å². The van der Waals surface area contributed by atoms with Gasteiger partial charge in [-0.2, -0.15) is 0 Å². The van der Waals surface area contributed by atoms with Crippen LogP contribution in [0.15, 0.2) is 71.6 Å². The monoisotopic (exact) mass is 390 g/mol. The average molecular weight is 391 g/mol. The first-order chi connectivity index (χ1) is 13.6. The summed E-state index contributed by atoms with van der Waals surface area (Å²) in [7, 11) is -1.18. The van der Waals surface area contributed by atoms with Gasteiger partial charge in [0.1, 0.15) is 0 Å². The average Bonchev–Trinajstić information content (AvgIpc) is 3.06. The molecule has 0 fully saturated rings. The van der Waals surface area contributed by atoms with Gasteiger partial charge < -0.3 is 9.88 Å². The highest BCUT2D eigenvalue weighted by Gasteiger charge is 2.16. The third-order valence-electron chi connectivity index (χ3n) is 4.99. The minimum absolute atomic E-state index is 0.240. The highest BCUT2D eigenvalue weighted by Crippen LogP contribution is 2.31. The first-order valence-electron chi connectivity index (χ1n) is 9.43. The van der Waals surface area contributed by atoms with E-state index in [-0.39, 0.29) is 5.91 Å². The van der Waals surface area contributed by atoms with Crippen molar-refractivity contribution >= 4 is 44.2 Å². The number of nitrogens with zero attached hydrogens (tertiary/aromatic N) is 1. The zero-order valence-electron chi connectivity index (χ0n) is 15.9. The number of benzene rings is 3. The Morgan fingerprint density at radius 1 is 0.929 bits per heavy atom. The van der Waals surface area contributed by atoms with Crippen LogP contribution in [0, 0.1) is 0 Å². The molecule has 0 aliphatic heterocycles. The maximum absolute atomic E-state index is 12.9. The molecule has 0 saturated carbocycles. The highest BCUT2D eigenvalue weighted by atomic mass is 32.2. The van der Waals surface area contributed by atoms with E-state index in [1.165, 1.54) is 10.9 Å². The molecule has 1 aromatic heterocycles. The molecule has 5 heteroatoms. The summed E-state index contributed by atoms with van der Waals surface area (Å²) in [5.74, 6) is 0.239. The fourth-order valence-electron chi connectivity index (χ4n) is 3.68. The second kappa shape index (κ2) is 7.60. The van der Waals surface area contributed by atoms with Crippen LogP contribution >= 0.6 is 0 Å². The van der Waals surface area contributed by atoms with Crippen LogP contribution in [0.4, 0.5) is 5.69 Å². The Hall–Kier alpha value is -2.92. The first kappa shape index (κ1) is 18.4. The Labute approximate surface area is 166 Å². The maximum Gasteiger partial charge on any atom is 0.256 e. The van der Waals surface area contributed by atoms with Crippen molar-refractivity contribution < 1.29 is 9.00 Å². The second-order valence-electron chi connectivity index (χ2n) is 6.58. The van der Waals surface area contributed by atoms with Crippen molar-refractivity contribution in [2.45, 2.75) is 25.3 Å². The molecule has 4 rings (SSSR count). The minimum atomic E-state index is -1.18. The van der Waals surface area contributed by atoms with Crippen molar-refractivity contribution in [3.8, 4) is 0 Å². The van der Waals surface area contributed by atoms with Gasteiger partial charge >= 0.3 is 0 Å². The summed E-state index contributed by atoms with van der Waals surface area (Å²) in [5.41, 5.74) is 3.52. The number of para-hydroxylation sites is 1. The molecule has 4 aromatic rings. The largest absolute Gasteiger partial charge is 0.341 e. The van der Waals surface area contributed by atoms with Crippen LogP contribution < -0.4 is 5.32 Å². The predicted molar refractivity (Wildman–Crippen MR) is 116 cm³/mol. The molecule has 0 aliphatic carbocycles. The number of hydrogen-bond donors (Lipinski definition) is 1. The minimum Gasteiger partial charge on any atom is -0.341 e. The zero-order valence-corrected chi connectivity index (χ0v) is 16.8. The van der Waals surface area contributed by atoms with Gasteiger partial charge in [0.25, 0.3) is 5.91 Å². The number of hydrogen-bond acceptors (Lipinski definition) is 2. The number of rotatable bonds is 5. The van der Waals surface area contributed by atoms with Crippen molar-refractivity contribution in [3.63, 3.8) is 0 Å². The van der Waals surface area contributed by atoms with E-state index in [1.807, 2.05) is 43.3 Å². The molecule has 1 heterocycles. The van der Waals surface area contributed by atoms with Crippen LogP contribution in [-0.4, -0.2) is 20.4 Å². The van der Waals surface area contributed by atoms with Gasteiger partial charge in [0.2, 0.25) is 0 Å². The van der Waals surface area contributed by atoms with Crippen LogP contribution in [-0.2, 0) is 17.3 Å². The van der Waals surface area contributed by atoms with E-state index in [2.05, 4.69) is 28.9 Å². The molecule has 1 N–H and O–H groups in total. The molecule has 0 spiro atoms. The molecule has 0 aliphatic rings. The molecule has 4 nitrogen and oxygen atoms in total. The Balaban J connectivity index is 1.74. The van der Waals surface area contributed by atoms with Crippen molar-refractivity contribution in [3.05, 3.63) is 72.3 Å². The normalized spacial score (nSPS) is 12.4. The van der Waals surface area contributed by atoms with E-state index in [0.29, 0.717) is 16.2 Å². The number of amides is 1. The van der Waals surface area contributed by atoms with Gasteiger partial charge in [-0.15, -0.1) is 0 Å². The van der Waals surface area contributed by atoms with Crippen LogP contribution in [0.2, 0.25) is 0 Å². The quantitative estimate of drug-likeness (QED) is 0.509. The summed E-state index contributed by atoms with van der Waals surface area (Å²) < 4.78 is 14.6. The topological polar surface area (TPSA) is 51.1 Å². The van der Waals surface area contributed by atoms with Gasteiger partial charge in [0.05, 0.1) is 21.3 Å². The van der Waals surface area contributed by atoms with Gasteiger partial charge in [0.15, 0.2) is 0 Å². The van der Waals surface area contributed by atoms with Crippen LogP contribution in [0.25, 0.3) is 21.8 Å². The van der Waals surface area contributed by atoms with Gasteiger partial charge in [-0.25, -0.2) is 0 Å². The summed E-state index contributed by atoms with van der Waals surface area (Å²) in [5, 5.41) is 5.26. The smallest absolute Gasteiger partial charge is 0.256 e. The van der Waals surface area contributed by atoms with E-state index in [4.69, 9.17) is 0 Å². The summed E-state index contributed by atoms with van der Waals surface area (Å²) in [4.78, 5) is 13.4. The molecular formula is C23H22N2O2S. The third-order valence-corrected chi connectivity index (χ3v) is 6.36. The van der Waals surface area contributed by atoms with Gasteiger partial charge in [-0.1, -0.05) is 37.3 Å². The van der Waals surface area contributed by atoms with E-state index in [9.17, 15) is 9.00 Å². The lowest BCUT2D eigenvalue weighted by molar-refractivity contribution is 0.102. The Kier molecular flexibility index (Phi) is 5.01. The predicted octanol–water partition coefficient (Wildman–Crippen LogP) is 5.19. The molecule has 0 saturated heterocycles. The third kappa shape index (κ3) is 3.12. The molecule has 28 heavy (non-hydrogen) atoms. The number of aromatic nitrogens is 1. The number of aryl methyl sites for hydroxylation is 1. The summed E-state index contributed by atoms with van der Waals surface area (Å²) in [6.45, 7) is 4.86. The molecule has 0 bridgehead atoms. The first-order valence-corrected chi connectivity index (χ1v) is 10.8. The number of carbonyl (C=O) groups is 1. The van der Waals surface area contributed by atoms with E-state index >= 15 is 0 Å². The zero-order chi connectivity index (χ0) is 19.7. The maximum atomic E-state index is 12.9. The fraction of sp³-hybridized carbons (Fsp3) is 0.174. The second-order valence-corrected chi connectivity index (χ2v) is 8.29. The van der Waals surface area contributed by atoms with Crippen LogP contribution in [0.3, 0.4) is 0 Å². The van der Waals surface area contributed by atoms with E-state index in [0.717, 1.165) is 23.1 Å². The van der Waals surface area contributed by atoms with Crippen molar-refractivity contribution in [1.82, 2.24) is 4.57 Å². The number of anilines is 1. The molecule has 1 atom stereocenters. The Morgan fingerprint density at radius 2 is 1.64 bits per heavy atom. The molecule has 0 radical (unpaired) electrons. The van der Waals surface area contributed by atoms with Crippen molar-refractivity contribution in [2.75, 3.05) is 11.1 Å². The molecule has 142 valence electrons. The fourth-order valence-corrected chi connectivity index (χ4v) is 4.63. The summed E-state index contributed by atoms with van der Waals surface area (Å²) >= 11 is 0.